The predicted molar refractivity (Wildman–Crippen MR) is 73.8 cm³/mol. The first-order valence-electron chi connectivity index (χ1n) is 6.41. The summed E-state index contributed by atoms with van der Waals surface area (Å²) in [4.78, 5) is 20.8. The Morgan fingerprint density at radius 3 is 3.05 bits per heavy atom. The third-order valence-electron chi connectivity index (χ3n) is 3.16. The number of aromatic nitrogens is 5. The number of ether oxygens (including phenoxy) is 1. The van der Waals surface area contributed by atoms with Crippen molar-refractivity contribution in [3.05, 3.63) is 34.6 Å². The quantitative estimate of drug-likeness (QED) is 0.657. The molecule has 0 aliphatic heterocycles. The molecular weight excluding hydrogens is 258 g/mol. The molecule has 0 aliphatic rings. The van der Waals surface area contributed by atoms with Gasteiger partial charge in [-0.2, -0.15) is 9.50 Å². The van der Waals surface area contributed by atoms with Gasteiger partial charge < -0.3 is 9.30 Å². The molecular formula is C13H15N5O2. The summed E-state index contributed by atoms with van der Waals surface area (Å²) in [6.07, 6.45) is 4.13. The molecule has 0 aliphatic carbocycles. The topological polar surface area (TPSA) is 74.3 Å². The average molecular weight is 273 g/mol. The van der Waals surface area contributed by atoms with Crippen LogP contribution in [0.15, 0.2) is 23.3 Å². The summed E-state index contributed by atoms with van der Waals surface area (Å²) in [6, 6.07) is 1.87. The molecule has 104 valence electrons. The Balaban J connectivity index is 2.13. The lowest BCUT2D eigenvalue weighted by Crippen LogP contribution is -2.21. The van der Waals surface area contributed by atoms with Gasteiger partial charge in [0.05, 0.1) is 10.9 Å². The van der Waals surface area contributed by atoms with Gasteiger partial charge in [0.1, 0.15) is 5.82 Å². The van der Waals surface area contributed by atoms with E-state index in [2.05, 4.69) is 15.1 Å². The highest BCUT2D eigenvalue weighted by Crippen LogP contribution is 2.10. The molecule has 0 radical (unpaired) electrons. The van der Waals surface area contributed by atoms with E-state index in [0.29, 0.717) is 30.1 Å². The van der Waals surface area contributed by atoms with E-state index in [1.54, 1.807) is 35.5 Å². The molecule has 0 aromatic carbocycles. The van der Waals surface area contributed by atoms with Crippen LogP contribution in [0.5, 0.6) is 0 Å². The van der Waals surface area contributed by atoms with Gasteiger partial charge in [-0.15, -0.1) is 5.10 Å². The molecule has 0 unspecified atom stereocenters. The van der Waals surface area contributed by atoms with Crippen molar-refractivity contribution in [3.8, 4) is 0 Å². The second-order valence-corrected chi connectivity index (χ2v) is 4.59. The summed E-state index contributed by atoms with van der Waals surface area (Å²) in [5.41, 5.74) is 0.657. The Labute approximate surface area is 114 Å². The molecule has 3 aromatic heterocycles. The van der Waals surface area contributed by atoms with Gasteiger partial charge in [-0.05, 0) is 19.4 Å². The smallest absolute Gasteiger partial charge is 0.261 e. The number of methoxy groups -OCH3 is 1. The number of pyridine rings is 1. The van der Waals surface area contributed by atoms with E-state index in [4.69, 9.17) is 4.74 Å². The maximum Gasteiger partial charge on any atom is 0.261 e. The van der Waals surface area contributed by atoms with E-state index in [1.165, 1.54) is 0 Å². The maximum absolute atomic E-state index is 12.4. The Morgan fingerprint density at radius 2 is 2.25 bits per heavy atom. The first-order chi connectivity index (χ1) is 9.70. The molecule has 0 bridgehead atoms. The number of fused-ring (bicyclic) bond motifs is 3. The van der Waals surface area contributed by atoms with Crippen LogP contribution < -0.4 is 5.56 Å². The molecule has 3 aromatic rings. The Hall–Kier alpha value is -2.28. The van der Waals surface area contributed by atoms with Gasteiger partial charge in [0.15, 0.2) is 0 Å². The van der Waals surface area contributed by atoms with Crippen molar-refractivity contribution in [2.24, 2.45) is 0 Å². The van der Waals surface area contributed by atoms with Crippen LogP contribution in [0.25, 0.3) is 16.7 Å². The number of aryl methyl sites for hydroxylation is 2. The van der Waals surface area contributed by atoms with Crippen LogP contribution >= 0.6 is 0 Å². The molecule has 0 fully saturated rings. The highest BCUT2D eigenvalue weighted by atomic mass is 16.5. The highest BCUT2D eigenvalue weighted by Gasteiger charge is 2.09. The zero-order valence-corrected chi connectivity index (χ0v) is 11.4. The number of nitrogens with zero attached hydrogens (tertiary/aromatic N) is 5. The second kappa shape index (κ2) is 5.01. The van der Waals surface area contributed by atoms with E-state index >= 15 is 0 Å². The fraction of sp³-hybridized carbons (Fsp3) is 0.385. The number of hydrogen-bond donors (Lipinski definition) is 0. The predicted octanol–water partition coefficient (Wildman–Crippen LogP) is 0.784. The Bertz CT molecular complexity index is 821. The third kappa shape index (κ3) is 2.05. The zero-order valence-electron chi connectivity index (χ0n) is 11.4. The molecule has 3 rings (SSSR count). The normalized spacial score (nSPS) is 11.5. The van der Waals surface area contributed by atoms with Crippen molar-refractivity contribution in [1.29, 1.82) is 0 Å². The third-order valence-corrected chi connectivity index (χ3v) is 3.16. The van der Waals surface area contributed by atoms with Crippen LogP contribution in [-0.4, -0.2) is 37.9 Å². The summed E-state index contributed by atoms with van der Waals surface area (Å²) < 4.78 is 8.27. The van der Waals surface area contributed by atoms with Crippen molar-refractivity contribution in [1.82, 2.24) is 24.1 Å². The van der Waals surface area contributed by atoms with Crippen LogP contribution in [0.4, 0.5) is 0 Å². The van der Waals surface area contributed by atoms with Crippen molar-refractivity contribution < 1.29 is 4.74 Å². The molecule has 0 saturated heterocycles. The maximum atomic E-state index is 12.4. The minimum Gasteiger partial charge on any atom is -0.385 e. The summed E-state index contributed by atoms with van der Waals surface area (Å²) in [6.45, 7) is 3.05. The van der Waals surface area contributed by atoms with Crippen molar-refractivity contribution in [2.75, 3.05) is 13.7 Å². The largest absolute Gasteiger partial charge is 0.385 e. The molecule has 20 heavy (non-hydrogen) atoms. The first kappa shape index (κ1) is 12.7. The molecule has 0 atom stereocenters. The lowest BCUT2D eigenvalue weighted by molar-refractivity contribution is 0.190. The molecule has 0 saturated carbocycles. The van der Waals surface area contributed by atoms with Crippen LogP contribution in [0.2, 0.25) is 0 Å². The van der Waals surface area contributed by atoms with Crippen LogP contribution in [0.1, 0.15) is 12.2 Å². The summed E-state index contributed by atoms with van der Waals surface area (Å²) in [5, 5.41) is 4.81. The van der Waals surface area contributed by atoms with Gasteiger partial charge >= 0.3 is 0 Å². The molecule has 0 spiro atoms. The minimum absolute atomic E-state index is 0.0684. The van der Waals surface area contributed by atoms with E-state index in [1.807, 2.05) is 6.07 Å². The van der Waals surface area contributed by atoms with Crippen molar-refractivity contribution in [2.45, 2.75) is 19.9 Å². The van der Waals surface area contributed by atoms with Gasteiger partial charge in [-0.25, -0.2) is 4.98 Å². The molecule has 0 amide bonds. The summed E-state index contributed by atoms with van der Waals surface area (Å²) >= 11 is 0. The standard InChI is InChI=1S/C13H15N5O2/c1-9-15-13-14-8-10-11(18(13)16-9)4-6-17(12(10)19)5-3-7-20-2/h4,6,8H,3,5,7H2,1-2H3. The van der Waals surface area contributed by atoms with Gasteiger partial charge in [0.2, 0.25) is 0 Å². The zero-order chi connectivity index (χ0) is 14.1. The van der Waals surface area contributed by atoms with Gasteiger partial charge in [0.25, 0.3) is 11.3 Å². The van der Waals surface area contributed by atoms with Crippen LogP contribution in [0.3, 0.4) is 0 Å². The number of rotatable bonds is 4. The average Bonchev–Trinajstić information content (AvgIpc) is 2.82. The van der Waals surface area contributed by atoms with Crippen LogP contribution in [-0.2, 0) is 11.3 Å². The fourth-order valence-electron chi connectivity index (χ4n) is 2.22. The molecule has 7 heteroatoms. The summed E-state index contributed by atoms with van der Waals surface area (Å²) in [7, 11) is 1.65. The van der Waals surface area contributed by atoms with Gasteiger partial charge in [-0.3, -0.25) is 4.79 Å². The summed E-state index contributed by atoms with van der Waals surface area (Å²) in [5.74, 6) is 1.14. The second-order valence-electron chi connectivity index (χ2n) is 4.59. The minimum atomic E-state index is -0.0684. The van der Waals surface area contributed by atoms with Crippen molar-refractivity contribution >= 4 is 16.7 Å². The molecule has 0 N–H and O–H groups in total. The van der Waals surface area contributed by atoms with E-state index < -0.39 is 0 Å². The van der Waals surface area contributed by atoms with E-state index in [-0.39, 0.29) is 5.56 Å². The number of hydrogen-bond acceptors (Lipinski definition) is 5. The van der Waals surface area contributed by atoms with E-state index in [9.17, 15) is 4.79 Å². The van der Waals surface area contributed by atoms with Gasteiger partial charge in [0, 0.05) is 32.7 Å². The van der Waals surface area contributed by atoms with Crippen LogP contribution in [0, 0.1) is 6.92 Å². The Morgan fingerprint density at radius 1 is 1.40 bits per heavy atom. The van der Waals surface area contributed by atoms with Crippen molar-refractivity contribution in [3.63, 3.8) is 0 Å². The lowest BCUT2D eigenvalue weighted by atomic mass is 10.3. The van der Waals surface area contributed by atoms with Gasteiger partial charge in [-0.1, -0.05) is 0 Å². The SMILES string of the molecule is COCCCn1ccc2c(cnc3nc(C)nn32)c1=O. The molecule has 7 nitrogen and oxygen atoms in total. The monoisotopic (exact) mass is 273 g/mol. The fourth-order valence-corrected chi connectivity index (χ4v) is 2.22. The lowest BCUT2D eigenvalue weighted by Gasteiger charge is -2.07. The molecule has 3 heterocycles. The Kier molecular flexibility index (Phi) is 3.19. The van der Waals surface area contributed by atoms with E-state index in [0.717, 1.165) is 11.9 Å². The highest BCUT2D eigenvalue weighted by molar-refractivity contribution is 5.78. The first-order valence-corrected chi connectivity index (χ1v) is 6.41.